The van der Waals surface area contributed by atoms with Gasteiger partial charge >= 0.3 is 0 Å². The maximum atomic E-state index is 12.4. The lowest BCUT2D eigenvalue weighted by molar-refractivity contribution is 0.252. The Morgan fingerprint density at radius 1 is 1.39 bits per heavy atom. The molecule has 0 aliphatic rings. The number of hydrogen-bond donors (Lipinski definition) is 1. The van der Waals surface area contributed by atoms with Gasteiger partial charge in [-0.1, -0.05) is 23.9 Å². The van der Waals surface area contributed by atoms with Crippen LogP contribution in [0.2, 0.25) is 0 Å². The predicted octanol–water partition coefficient (Wildman–Crippen LogP) is 3.35. The van der Waals surface area contributed by atoms with Gasteiger partial charge in [-0.15, -0.1) is 0 Å². The molecule has 1 N–H and O–H groups in total. The van der Waals surface area contributed by atoms with Crippen molar-refractivity contribution in [3.05, 3.63) is 42.5 Å². The minimum Gasteiger partial charge on any atom is -0.377 e. The van der Waals surface area contributed by atoms with E-state index < -0.39 is 5.76 Å². The van der Waals surface area contributed by atoms with Crippen LogP contribution in [-0.2, 0) is 13.6 Å². The van der Waals surface area contributed by atoms with Crippen molar-refractivity contribution < 1.29 is 8.78 Å². The van der Waals surface area contributed by atoms with E-state index in [1.807, 2.05) is 23.9 Å². The fourth-order valence-electron chi connectivity index (χ4n) is 1.55. The molecule has 0 unspecified atom stereocenters. The lowest BCUT2D eigenvalue weighted by Gasteiger charge is -2.11. The van der Waals surface area contributed by atoms with Gasteiger partial charge in [-0.25, -0.2) is 4.98 Å². The first-order valence-corrected chi connectivity index (χ1v) is 6.28. The van der Waals surface area contributed by atoms with Gasteiger partial charge in [0.1, 0.15) is 5.82 Å². The highest BCUT2D eigenvalue weighted by Gasteiger charge is 2.09. The third-order valence-corrected chi connectivity index (χ3v) is 3.25. The van der Waals surface area contributed by atoms with Crippen LogP contribution in [0.5, 0.6) is 0 Å². The van der Waals surface area contributed by atoms with E-state index in [9.17, 15) is 8.78 Å². The number of benzene rings is 1. The van der Waals surface area contributed by atoms with Gasteiger partial charge in [-0.05, 0) is 12.1 Å². The Kier molecular flexibility index (Phi) is 4.19. The van der Waals surface area contributed by atoms with Crippen molar-refractivity contribution in [2.75, 3.05) is 5.32 Å². The van der Waals surface area contributed by atoms with Crippen molar-refractivity contribution in [1.82, 2.24) is 9.55 Å². The molecule has 0 aliphatic carbocycles. The van der Waals surface area contributed by atoms with Gasteiger partial charge in [0, 0.05) is 30.0 Å². The number of imidazole rings is 1. The summed E-state index contributed by atoms with van der Waals surface area (Å²) in [7, 11) is 1.89. The molecular formula is C12H13F2N3S. The van der Waals surface area contributed by atoms with Crippen LogP contribution in [0.15, 0.2) is 41.6 Å². The molecular weight excluding hydrogens is 256 g/mol. The standard InChI is InChI=1S/C12H13F2N3S/c1-17-7-6-15-11(17)8-16-9-4-2-3-5-10(9)18-12(13)14/h2-7,12,16H,8H2,1H3. The van der Waals surface area contributed by atoms with E-state index in [-0.39, 0.29) is 0 Å². The van der Waals surface area contributed by atoms with Gasteiger partial charge in [0.15, 0.2) is 0 Å². The highest BCUT2D eigenvalue weighted by Crippen LogP contribution is 2.31. The first-order chi connectivity index (χ1) is 8.66. The Labute approximate surface area is 108 Å². The number of para-hydroxylation sites is 1. The van der Waals surface area contributed by atoms with Gasteiger partial charge in [0.2, 0.25) is 0 Å². The Balaban J connectivity index is 2.07. The summed E-state index contributed by atoms with van der Waals surface area (Å²) in [6.07, 6.45) is 3.55. The predicted molar refractivity (Wildman–Crippen MR) is 68.8 cm³/mol. The van der Waals surface area contributed by atoms with Crippen LogP contribution in [0, 0.1) is 0 Å². The molecule has 0 fully saturated rings. The molecule has 6 heteroatoms. The lowest BCUT2D eigenvalue weighted by Crippen LogP contribution is -2.06. The first kappa shape index (κ1) is 12.9. The van der Waals surface area contributed by atoms with Crippen molar-refractivity contribution in [2.45, 2.75) is 17.2 Å². The molecule has 1 heterocycles. The van der Waals surface area contributed by atoms with Crippen LogP contribution in [0.4, 0.5) is 14.5 Å². The molecule has 0 saturated carbocycles. The second kappa shape index (κ2) is 5.86. The fraction of sp³-hybridized carbons (Fsp3) is 0.250. The summed E-state index contributed by atoms with van der Waals surface area (Å²) >= 11 is 0.543. The van der Waals surface area contributed by atoms with Crippen molar-refractivity contribution in [2.24, 2.45) is 7.05 Å². The van der Waals surface area contributed by atoms with Crippen molar-refractivity contribution >= 4 is 17.4 Å². The molecule has 96 valence electrons. The summed E-state index contributed by atoms with van der Waals surface area (Å²) in [4.78, 5) is 4.71. The van der Waals surface area contributed by atoms with Crippen LogP contribution < -0.4 is 5.32 Å². The number of alkyl halides is 2. The molecule has 18 heavy (non-hydrogen) atoms. The van der Waals surface area contributed by atoms with Crippen LogP contribution >= 0.6 is 11.8 Å². The molecule has 2 rings (SSSR count). The maximum Gasteiger partial charge on any atom is 0.288 e. The monoisotopic (exact) mass is 269 g/mol. The summed E-state index contributed by atoms with van der Waals surface area (Å²) in [6, 6.07) is 7.03. The maximum absolute atomic E-state index is 12.4. The topological polar surface area (TPSA) is 29.9 Å². The number of anilines is 1. The summed E-state index contributed by atoms with van der Waals surface area (Å²) in [5.41, 5.74) is 0.700. The minimum atomic E-state index is -2.42. The molecule has 1 aromatic carbocycles. The summed E-state index contributed by atoms with van der Waals surface area (Å²) < 4.78 is 26.7. The number of aryl methyl sites for hydroxylation is 1. The fourth-order valence-corrected chi connectivity index (χ4v) is 2.17. The number of hydrogen-bond acceptors (Lipinski definition) is 3. The number of thioether (sulfide) groups is 1. The van der Waals surface area contributed by atoms with E-state index in [0.717, 1.165) is 5.82 Å². The van der Waals surface area contributed by atoms with Crippen LogP contribution in [0.1, 0.15) is 5.82 Å². The molecule has 0 atom stereocenters. The summed E-state index contributed by atoms with van der Waals surface area (Å²) in [5, 5.41) is 3.12. The van der Waals surface area contributed by atoms with Gasteiger partial charge < -0.3 is 9.88 Å². The van der Waals surface area contributed by atoms with Gasteiger partial charge in [0.05, 0.1) is 6.54 Å². The number of nitrogens with zero attached hydrogens (tertiary/aromatic N) is 2. The molecule has 0 spiro atoms. The smallest absolute Gasteiger partial charge is 0.288 e. The Bertz CT molecular complexity index is 514. The lowest BCUT2D eigenvalue weighted by atomic mass is 10.3. The average Bonchev–Trinajstić information content (AvgIpc) is 2.73. The molecule has 0 saturated heterocycles. The van der Waals surface area contributed by atoms with E-state index >= 15 is 0 Å². The second-order valence-corrected chi connectivity index (χ2v) is 4.71. The van der Waals surface area contributed by atoms with E-state index in [1.165, 1.54) is 0 Å². The molecule has 3 nitrogen and oxygen atoms in total. The van der Waals surface area contributed by atoms with Gasteiger partial charge in [0.25, 0.3) is 5.76 Å². The largest absolute Gasteiger partial charge is 0.377 e. The number of halogens is 2. The van der Waals surface area contributed by atoms with Crippen molar-refractivity contribution in [1.29, 1.82) is 0 Å². The SMILES string of the molecule is Cn1ccnc1CNc1ccccc1SC(F)F. The van der Waals surface area contributed by atoms with Crippen LogP contribution in [0.3, 0.4) is 0 Å². The molecule has 2 aromatic rings. The highest BCUT2D eigenvalue weighted by atomic mass is 32.2. The zero-order valence-electron chi connectivity index (χ0n) is 9.81. The molecule has 0 amide bonds. The average molecular weight is 269 g/mol. The normalized spacial score (nSPS) is 10.9. The number of rotatable bonds is 5. The molecule has 0 aliphatic heterocycles. The zero-order chi connectivity index (χ0) is 13.0. The van der Waals surface area contributed by atoms with E-state index in [4.69, 9.17) is 0 Å². The Morgan fingerprint density at radius 3 is 2.83 bits per heavy atom. The third kappa shape index (κ3) is 3.22. The zero-order valence-corrected chi connectivity index (χ0v) is 10.6. The van der Waals surface area contributed by atoms with E-state index in [0.29, 0.717) is 28.9 Å². The highest BCUT2D eigenvalue weighted by molar-refractivity contribution is 7.99. The molecule has 0 radical (unpaired) electrons. The Morgan fingerprint density at radius 2 is 2.17 bits per heavy atom. The van der Waals surface area contributed by atoms with Crippen LogP contribution in [-0.4, -0.2) is 15.3 Å². The molecule has 1 aromatic heterocycles. The van der Waals surface area contributed by atoms with Crippen molar-refractivity contribution in [3.63, 3.8) is 0 Å². The number of nitrogens with one attached hydrogen (secondary N) is 1. The molecule has 0 bridgehead atoms. The van der Waals surface area contributed by atoms with E-state index in [1.54, 1.807) is 24.4 Å². The first-order valence-electron chi connectivity index (χ1n) is 5.40. The van der Waals surface area contributed by atoms with Gasteiger partial charge in [-0.3, -0.25) is 0 Å². The Hall–Kier alpha value is -1.56. The second-order valence-electron chi connectivity index (χ2n) is 3.68. The quantitative estimate of drug-likeness (QED) is 0.844. The minimum absolute atomic E-state index is 0.504. The van der Waals surface area contributed by atoms with Gasteiger partial charge in [-0.2, -0.15) is 8.78 Å². The number of aromatic nitrogens is 2. The van der Waals surface area contributed by atoms with Crippen LogP contribution in [0.25, 0.3) is 0 Å². The third-order valence-electron chi connectivity index (χ3n) is 2.46. The van der Waals surface area contributed by atoms with Crippen molar-refractivity contribution in [3.8, 4) is 0 Å². The summed E-state index contributed by atoms with van der Waals surface area (Å²) in [6.45, 7) is 0.504. The summed E-state index contributed by atoms with van der Waals surface area (Å²) in [5.74, 6) is -1.56. The van der Waals surface area contributed by atoms with E-state index in [2.05, 4.69) is 10.3 Å².